The third-order valence-electron chi connectivity index (χ3n) is 3.96. The second-order valence-electron chi connectivity index (χ2n) is 6.13. The molecule has 3 aromatic rings. The van der Waals surface area contributed by atoms with Gasteiger partial charge in [0.15, 0.2) is 11.8 Å². The number of nitriles is 1. The number of fused-ring (bicyclic) bond motifs is 1. The molecule has 2 aromatic heterocycles. The van der Waals surface area contributed by atoms with Gasteiger partial charge in [0.2, 0.25) is 0 Å². The van der Waals surface area contributed by atoms with E-state index < -0.39 is 12.8 Å². The zero-order chi connectivity index (χ0) is 20.9. The van der Waals surface area contributed by atoms with Crippen molar-refractivity contribution in [3.8, 4) is 17.5 Å². The smallest absolute Gasteiger partial charge is 0.422 e. The number of unbranched alkanes of at least 4 members (excludes halogenated alkanes) is 2. The lowest BCUT2D eigenvalue weighted by Gasteiger charge is -2.13. The summed E-state index contributed by atoms with van der Waals surface area (Å²) in [6.07, 6.45) is -0.779. The van der Waals surface area contributed by atoms with E-state index in [1.54, 1.807) is 12.3 Å². The molecule has 29 heavy (non-hydrogen) atoms. The van der Waals surface area contributed by atoms with Crippen molar-refractivity contribution >= 4 is 22.8 Å². The summed E-state index contributed by atoms with van der Waals surface area (Å²) in [7, 11) is 0. The molecule has 0 saturated heterocycles. The van der Waals surface area contributed by atoms with Gasteiger partial charge in [-0.15, -0.1) is 0 Å². The van der Waals surface area contributed by atoms with E-state index in [2.05, 4.69) is 16.0 Å². The first kappa shape index (κ1) is 20.8. The predicted molar refractivity (Wildman–Crippen MR) is 103 cm³/mol. The van der Waals surface area contributed by atoms with Gasteiger partial charge in [-0.3, -0.25) is 9.36 Å². The molecule has 10 heteroatoms. The molecule has 1 N–H and O–H groups in total. The lowest BCUT2D eigenvalue weighted by atomic mass is 10.3. The van der Waals surface area contributed by atoms with Crippen LogP contribution in [-0.2, 0) is 0 Å². The van der Waals surface area contributed by atoms with E-state index in [1.807, 2.05) is 0 Å². The summed E-state index contributed by atoms with van der Waals surface area (Å²) in [5, 5.41) is 9.10. The summed E-state index contributed by atoms with van der Waals surface area (Å²) in [6, 6.07) is 9.59. The molecule has 6 nitrogen and oxygen atoms in total. The molecular formula is C19H17F3N4O2S. The molecule has 2 heterocycles. The molecule has 0 fully saturated rings. The monoisotopic (exact) mass is 422 g/mol. The number of aromatic nitrogens is 3. The van der Waals surface area contributed by atoms with Crippen molar-refractivity contribution in [1.82, 2.24) is 14.5 Å². The highest BCUT2D eigenvalue weighted by Crippen LogP contribution is 2.24. The lowest BCUT2D eigenvalue weighted by molar-refractivity contribution is -0.153. The first-order chi connectivity index (χ1) is 13.9. The molecule has 0 amide bonds. The Balaban J connectivity index is 1.88. The summed E-state index contributed by atoms with van der Waals surface area (Å²) in [5.41, 5.74) is 1.05. The van der Waals surface area contributed by atoms with E-state index in [0.717, 1.165) is 12.8 Å². The van der Waals surface area contributed by atoms with E-state index in [1.165, 1.54) is 40.6 Å². The highest BCUT2D eigenvalue weighted by Gasteiger charge is 2.28. The topological polar surface area (TPSA) is 83.7 Å². The maximum atomic E-state index is 12.9. The number of thioether (sulfide) groups is 1. The molecule has 0 aliphatic heterocycles. The molecule has 0 saturated carbocycles. The number of aromatic amines is 1. The Labute approximate surface area is 168 Å². The maximum absolute atomic E-state index is 12.9. The van der Waals surface area contributed by atoms with Crippen molar-refractivity contribution in [2.45, 2.75) is 30.6 Å². The first-order valence-corrected chi connectivity index (χ1v) is 9.77. The molecule has 0 radical (unpaired) electrons. The number of H-pyrrole nitrogens is 1. The molecule has 0 spiro atoms. The predicted octanol–water partition coefficient (Wildman–Crippen LogP) is 4.44. The summed E-state index contributed by atoms with van der Waals surface area (Å²) < 4.78 is 43.0. The normalized spacial score (nSPS) is 11.5. The number of ether oxygens (including phenoxy) is 1. The number of rotatable bonds is 8. The number of nitrogens with one attached hydrogen (secondary N) is 1. The fourth-order valence-corrected chi connectivity index (χ4v) is 3.64. The van der Waals surface area contributed by atoms with Crippen LogP contribution in [-0.4, -0.2) is 33.1 Å². The largest absolute Gasteiger partial charge is 0.484 e. The Morgan fingerprint density at radius 1 is 1.21 bits per heavy atom. The van der Waals surface area contributed by atoms with Crippen LogP contribution in [0.4, 0.5) is 13.2 Å². The molecule has 3 rings (SSSR count). The number of halogens is 3. The molecule has 0 bridgehead atoms. The number of alkyl halides is 3. The van der Waals surface area contributed by atoms with E-state index >= 15 is 0 Å². The maximum Gasteiger partial charge on any atom is 0.422 e. The number of nitrogens with zero attached hydrogens (tertiary/aromatic N) is 3. The highest BCUT2D eigenvalue weighted by molar-refractivity contribution is 7.99. The van der Waals surface area contributed by atoms with Gasteiger partial charge in [-0.05, 0) is 43.2 Å². The van der Waals surface area contributed by atoms with Gasteiger partial charge in [0.05, 0.1) is 17.3 Å². The van der Waals surface area contributed by atoms with Crippen LogP contribution >= 0.6 is 11.8 Å². The molecule has 0 aliphatic rings. The van der Waals surface area contributed by atoms with E-state index in [4.69, 9.17) is 10.00 Å². The molecule has 0 atom stereocenters. The van der Waals surface area contributed by atoms with Gasteiger partial charge in [-0.1, -0.05) is 11.8 Å². The van der Waals surface area contributed by atoms with Gasteiger partial charge in [-0.2, -0.15) is 18.4 Å². The van der Waals surface area contributed by atoms with Crippen molar-refractivity contribution in [2.75, 3.05) is 12.4 Å². The lowest BCUT2D eigenvalue weighted by Crippen LogP contribution is -2.22. The van der Waals surface area contributed by atoms with E-state index in [-0.39, 0.29) is 11.3 Å². The van der Waals surface area contributed by atoms with Crippen LogP contribution in [0.5, 0.6) is 5.75 Å². The number of benzene rings is 1. The summed E-state index contributed by atoms with van der Waals surface area (Å²) in [4.78, 5) is 20.3. The quantitative estimate of drug-likeness (QED) is 0.330. The zero-order valence-electron chi connectivity index (χ0n) is 15.2. The third kappa shape index (κ3) is 5.32. The summed E-state index contributed by atoms with van der Waals surface area (Å²) >= 11 is 1.39. The Bertz CT molecular complexity index is 1070. The summed E-state index contributed by atoms with van der Waals surface area (Å²) in [5.74, 6) is 0.732. The molecule has 1 aromatic carbocycles. The van der Waals surface area contributed by atoms with Crippen molar-refractivity contribution in [3.63, 3.8) is 0 Å². The van der Waals surface area contributed by atoms with Crippen molar-refractivity contribution in [3.05, 3.63) is 46.9 Å². The van der Waals surface area contributed by atoms with Gasteiger partial charge in [-0.25, -0.2) is 4.98 Å². The molecular weight excluding hydrogens is 405 g/mol. The van der Waals surface area contributed by atoms with Gasteiger partial charge < -0.3 is 9.72 Å². The van der Waals surface area contributed by atoms with Crippen LogP contribution in [0, 0.1) is 11.3 Å². The fraction of sp³-hybridized carbons (Fsp3) is 0.316. The number of hydrogen-bond acceptors (Lipinski definition) is 5. The minimum Gasteiger partial charge on any atom is -0.484 e. The molecule has 0 aliphatic carbocycles. The van der Waals surface area contributed by atoms with Gasteiger partial charge in [0.1, 0.15) is 11.3 Å². The Hall–Kier alpha value is -2.93. The standard InChI is InChI=1S/C19H17F3N4O2S/c20-19(21,22)12-28-14-6-4-13(5-7-14)26-17(27)16-15(8-10-24-16)25-18(26)29-11-3-1-2-9-23/h4-8,10,24H,1-3,11-12H2. The van der Waals surface area contributed by atoms with E-state index in [0.29, 0.717) is 34.1 Å². The number of hydrogen-bond donors (Lipinski definition) is 1. The zero-order valence-corrected chi connectivity index (χ0v) is 16.0. The Morgan fingerprint density at radius 3 is 2.66 bits per heavy atom. The van der Waals surface area contributed by atoms with Crippen LogP contribution in [0.15, 0.2) is 46.5 Å². The summed E-state index contributed by atoms with van der Waals surface area (Å²) in [6.45, 7) is -1.38. The third-order valence-corrected chi connectivity index (χ3v) is 4.99. The second-order valence-corrected chi connectivity index (χ2v) is 7.20. The van der Waals surface area contributed by atoms with Crippen LogP contribution in [0.2, 0.25) is 0 Å². The average Bonchev–Trinajstić information content (AvgIpc) is 3.15. The van der Waals surface area contributed by atoms with Crippen LogP contribution in [0.25, 0.3) is 16.7 Å². The highest BCUT2D eigenvalue weighted by atomic mass is 32.2. The Kier molecular flexibility index (Phi) is 6.49. The van der Waals surface area contributed by atoms with Crippen LogP contribution in [0.1, 0.15) is 19.3 Å². The van der Waals surface area contributed by atoms with Crippen LogP contribution in [0.3, 0.4) is 0 Å². The Morgan fingerprint density at radius 2 is 1.97 bits per heavy atom. The second kappa shape index (κ2) is 9.05. The minimum atomic E-state index is -4.42. The average molecular weight is 422 g/mol. The molecule has 0 unspecified atom stereocenters. The van der Waals surface area contributed by atoms with Gasteiger partial charge in [0.25, 0.3) is 5.56 Å². The van der Waals surface area contributed by atoms with Crippen LogP contribution < -0.4 is 10.3 Å². The van der Waals surface area contributed by atoms with Gasteiger partial charge >= 0.3 is 6.18 Å². The van der Waals surface area contributed by atoms with Crippen molar-refractivity contribution < 1.29 is 17.9 Å². The van der Waals surface area contributed by atoms with Gasteiger partial charge in [0, 0.05) is 18.4 Å². The minimum absolute atomic E-state index is 0.0544. The van der Waals surface area contributed by atoms with E-state index in [9.17, 15) is 18.0 Å². The van der Waals surface area contributed by atoms with Crippen molar-refractivity contribution in [1.29, 1.82) is 5.26 Å². The first-order valence-electron chi connectivity index (χ1n) is 8.79. The molecule has 152 valence electrons. The SMILES string of the molecule is N#CCCCCSc1nc2cc[nH]c2c(=O)n1-c1ccc(OCC(F)(F)F)cc1. The van der Waals surface area contributed by atoms with Crippen molar-refractivity contribution in [2.24, 2.45) is 0 Å². The fourth-order valence-electron chi connectivity index (χ4n) is 2.63.